The number of fused-ring (bicyclic) bond motifs is 7. The summed E-state index contributed by atoms with van der Waals surface area (Å²) in [6, 6.07) is 64.8. The molecule has 3 heterocycles. The molecule has 0 saturated carbocycles. The minimum atomic E-state index is 0.967. The number of pyridine rings is 2. The number of hydrogen-bond acceptors (Lipinski definition) is 3. The number of nitrogens with zero attached hydrogens (tertiary/aromatic N) is 2. The van der Waals surface area contributed by atoms with Gasteiger partial charge in [0.2, 0.25) is 0 Å². The van der Waals surface area contributed by atoms with E-state index >= 15 is 0 Å². The van der Waals surface area contributed by atoms with Crippen LogP contribution in [0.1, 0.15) is 0 Å². The van der Waals surface area contributed by atoms with Crippen LogP contribution in [0, 0.1) is 0 Å². The first-order chi connectivity index (χ1) is 25.3. The third-order valence-corrected chi connectivity index (χ3v) is 11.1. The van der Waals surface area contributed by atoms with Crippen molar-refractivity contribution in [2.45, 2.75) is 0 Å². The summed E-state index contributed by atoms with van der Waals surface area (Å²) in [5, 5.41) is 6.30. The Hall–Kier alpha value is -6.42. The molecule has 0 aliphatic rings. The highest BCUT2D eigenvalue weighted by atomic mass is 32.1. The van der Waals surface area contributed by atoms with Gasteiger partial charge >= 0.3 is 0 Å². The summed E-state index contributed by atoms with van der Waals surface area (Å²) in [4.78, 5) is 10.3. The molecule has 0 N–H and O–H groups in total. The Balaban J connectivity index is 1.03. The Morgan fingerprint density at radius 2 is 0.843 bits per heavy atom. The summed E-state index contributed by atoms with van der Waals surface area (Å²) in [6.07, 6.45) is 0. The molecule has 0 bridgehead atoms. The van der Waals surface area contributed by atoms with E-state index in [9.17, 15) is 0 Å². The molecule has 0 unspecified atom stereocenters. The molecule has 0 atom stereocenters. The SMILES string of the molecule is c1ccc(-c2cc(-c3ccc(-c4ccc(-c5nc6ccccc6c6c5ccc5c7ccccc7sc56)cc4)cc3)cc(-c3ccccc3)n2)cc1. The molecule has 0 saturated heterocycles. The van der Waals surface area contributed by atoms with Crippen LogP contribution < -0.4 is 0 Å². The topological polar surface area (TPSA) is 25.8 Å². The Bertz CT molecular complexity index is 2820. The number of benzene rings is 7. The number of aromatic nitrogens is 2. The normalized spacial score (nSPS) is 11.5. The minimum absolute atomic E-state index is 0.967. The lowest BCUT2D eigenvalue weighted by molar-refractivity contribution is 1.32. The van der Waals surface area contributed by atoms with Crippen molar-refractivity contribution in [1.29, 1.82) is 0 Å². The zero-order valence-corrected chi connectivity index (χ0v) is 28.4. The van der Waals surface area contributed by atoms with Gasteiger partial charge in [-0.15, -0.1) is 11.3 Å². The maximum absolute atomic E-state index is 5.24. The van der Waals surface area contributed by atoms with Crippen molar-refractivity contribution in [2.24, 2.45) is 0 Å². The summed E-state index contributed by atoms with van der Waals surface area (Å²) >= 11 is 1.88. The second-order valence-corrected chi connectivity index (χ2v) is 14.0. The second-order valence-electron chi connectivity index (χ2n) is 13.0. The number of hydrogen-bond donors (Lipinski definition) is 0. The molecule has 0 aliphatic carbocycles. The number of rotatable bonds is 5. The fourth-order valence-electron chi connectivity index (χ4n) is 7.32. The van der Waals surface area contributed by atoms with Crippen LogP contribution in [-0.2, 0) is 0 Å². The predicted molar refractivity (Wildman–Crippen MR) is 217 cm³/mol. The molecule has 0 spiro atoms. The molecule has 7 aromatic carbocycles. The zero-order chi connectivity index (χ0) is 33.7. The fraction of sp³-hybridized carbons (Fsp3) is 0. The van der Waals surface area contributed by atoms with E-state index in [1.165, 1.54) is 47.5 Å². The summed E-state index contributed by atoms with van der Waals surface area (Å²) in [5.41, 5.74) is 12.0. The Morgan fingerprint density at radius 3 is 1.49 bits per heavy atom. The van der Waals surface area contributed by atoms with Crippen LogP contribution in [-0.4, -0.2) is 9.97 Å². The van der Waals surface area contributed by atoms with Crippen molar-refractivity contribution in [2.75, 3.05) is 0 Å². The molecule has 51 heavy (non-hydrogen) atoms. The van der Waals surface area contributed by atoms with Crippen molar-refractivity contribution in [3.63, 3.8) is 0 Å². The monoisotopic (exact) mass is 666 g/mol. The third kappa shape index (κ3) is 5.18. The second kappa shape index (κ2) is 12.2. The van der Waals surface area contributed by atoms with Gasteiger partial charge < -0.3 is 0 Å². The molecule has 3 aromatic heterocycles. The van der Waals surface area contributed by atoms with Crippen LogP contribution in [0.4, 0.5) is 0 Å². The van der Waals surface area contributed by atoms with Gasteiger partial charge in [-0.1, -0.05) is 158 Å². The van der Waals surface area contributed by atoms with Crippen LogP contribution in [0.3, 0.4) is 0 Å². The smallest absolute Gasteiger partial charge is 0.0788 e. The maximum atomic E-state index is 5.24. The number of thiophene rings is 1. The lowest BCUT2D eigenvalue weighted by Gasteiger charge is -2.12. The van der Waals surface area contributed by atoms with Gasteiger partial charge in [0.25, 0.3) is 0 Å². The van der Waals surface area contributed by atoms with E-state index in [0.717, 1.165) is 50.4 Å². The summed E-state index contributed by atoms with van der Waals surface area (Å²) < 4.78 is 2.64. The van der Waals surface area contributed by atoms with E-state index in [2.05, 4.69) is 170 Å². The third-order valence-electron chi connectivity index (χ3n) is 9.88. The quantitative estimate of drug-likeness (QED) is 0.171. The van der Waals surface area contributed by atoms with Gasteiger partial charge in [-0.05, 0) is 46.5 Å². The minimum Gasteiger partial charge on any atom is -0.248 e. The van der Waals surface area contributed by atoms with E-state index in [-0.39, 0.29) is 0 Å². The largest absolute Gasteiger partial charge is 0.248 e. The fourth-order valence-corrected chi connectivity index (χ4v) is 8.59. The van der Waals surface area contributed by atoms with Gasteiger partial charge in [0.1, 0.15) is 0 Å². The van der Waals surface area contributed by atoms with Gasteiger partial charge in [0.15, 0.2) is 0 Å². The molecular formula is C48H30N2S. The van der Waals surface area contributed by atoms with Gasteiger partial charge in [0, 0.05) is 53.0 Å². The molecular weight excluding hydrogens is 637 g/mol. The Labute approximate surface area is 300 Å². The molecule has 0 amide bonds. The first-order valence-corrected chi connectivity index (χ1v) is 18.1. The van der Waals surface area contributed by atoms with Gasteiger partial charge in [-0.2, -0.15) is 0 Å². The highest BCUT2D eigenvalue weighted by molar-refractivity contribution is 7.26. The van der Waals surface area contributed by atoms with E-state index in [4.69, 9.17) is 9.97 Å². The predicted octanol–water partition coefficient (Wildman–Crippen LogP) is 13.5. The Kier molecular flexibility index (Phi) is 7.04. The van der Waals surface area contributed by atoms with Gasteiger partial charge in [0.05, 0.1) is 22.6 Å². The molecule has 0 fully saturated rings. The van der Waals surface area contributed by atoms with E-state index < -0.39 is 0 Å². The average Bonchev–Trinajstić information content (AvgIpc) is 3.60. The van der Waals surface area contributed by atoms with E-state index in [0.29, 0.717) is 0 Å². The highest BCUT2D eigenvalue weighted by Crippen LogP contribution is 2.43. The first-order valence-electron chi connectivity index (χ1n) is 17.2. The van der Waals surface area contributed by atoms with Crippen LogP contribution in [0.15, 0.2) is 182 Å². The van der Waals surface area contributed by atoms with Crippen LogP contribution >= 0.6 is 11.3 Å². The van der Waals surface area contributed by atoms with Crippen molar-refractivity contribution < 1.29 is 0 Å². The zero-order valence-electron chi connectivity index (χ0n) is 27.6. The molecule has 0 aliphatic heterocycles. The summed E-state index contributed by atoms with van der Waals surface area (Å²) in [7, 11) is 0. The van der Waals surface area contributed by atoms with Crippen molar-refractivity contribution in [1.82, 2.24) is 9.97 Å². The highest BCUT2D eigenvalue weighted by Gasteiger charge is 2.16. The molecule has 0 radical (unpaired) electrons. The summed E-state index contributed by atoms with van der Waals surface area (Å²) in [6.45, 7) is 0. The molecule has 10 rings (SSSR count). The first kappa shape index (κ1) is 29.5. The van der Waals surface area contributed by atoms with Gasteiger partial charge in [-0.25, -0.2) is 9.97 Å². The standard InChI is InChI=1S/C48H30N2S/c1-3-11-34(12-4-1)43-29-37(30-44(49-43)35-13-5-2-6-14-35)33-21-19-31(20-22-33)32-23-25-36(26-24-32)47-41-28-27-39-38-15-8-10-18-45(38)51-48(39)46(41)40-16-7-9-17-42(40)50-47/h1-30H. The van der Waals surface area contributed by atoms with Crippen LogP contribution in [0.5, 0.6) is 0 Å². The van der Waals surface area contributed by atoms with Crippen molar-refractivity contribution in [3.8, 4) is 56.0 Å². The van der Waals surface area contributed by atoms with E-state index in [1.807, 2.05) is 23.5 Å². The van der Waals surface area contributed by atoms with E-state index in [1.54, 1.807) is 0 Å². The van der Waals surface area contributed by atoms with Crippen LogP contribution in [0.2, 0.25) is 0 Å². The van der Waals surface area contributed by atoms with Crippen LogP contribution in [0.25, 0.3) is 97.9 Å². The summed E-state index contributed by atoms with van der Waals surface area (Å²) in [5.74, 6) is 0. The lowest BCUT2D eigenvalue weighted by atomic mass is 9.95. The number of para-hydroxylation sites is 1. The average molecular weight is 667 g/mol. The van der Waals surface area contributed by atoms with Gasteiger partial charge in [-0.3, -0.25) is 0 Å². The molecule has 238 valence electrons. The Morgan fingerprint density at radius 1 is 0.333 bits per heavy atom. The van der Waals surface area contributed by atoms with Crippen molar-refractivity contribution in [3.05, 3.63) is 182 Å². The molecule has 10 aromatic rings. The van der Waals surface area contributed by atoms with Crippen molar-refractivity contribution >= 4 is 53.2 Å². The molecule has 3 heteroatoms. The molecule has 2 nitrogen and oxygen atoms in total. The lowest BCUT2D eigenvalue weighted by Crippen LogP contribution is -1.91. The maximum Gasteiger partial charge on any atom is 0.0788 e.